The molecule has 0 saturated carbocycles. The molecule has 0 aliphatic carbocycles. The second-order valence-electron chi connectivity index (χ2n) is 3.75. The van der Waals surface area contributed by atoms with Crippen molar-refractivity contribution in [1.29, 1.82) is 0 Å². The number of halogens is 1. The van der Waals surface area contributed by atoms with Crippen molar-refractivity contribution in [2.75, 3.05) is 18.0 Å². The number of nitrogens with zero attached hydrogens (tertiary/aromatic N) is 3. The Morgan fingerprint density at radius 1 is 1.19 bits per heavy atom. The van der Waals surface area contributed by atoms with E-state index in [-0.39, 0.29) is 0 Å². The Bertz CT molecular complexity index is 557. The third-order valence-corrected chi connectivity index (χ3v) is 3.12. The fraction of sp³-hybridized carbons (Fsp3) is 0.167. The molecule has 2 heterocycles. The average molecular weight is 276 g/mol. The minimum absolute atomic E-state index is 0.805. The lowest BCUT2D eigenvalue weighted by Gasteiger charge is -2.14. The Hall–Kier alpha value is -1.42. The van der Waals surface area contributed by atoms with E-state index in [0.29, 0.717) is 0 Å². The first-order valence-corrected chi connectivity index (χ1v) is 5.94. The maximum atomic E-state index is 4.55. The smallest absolute Gasteiger partial charge is 0.226 e. The van der Waals surface area contributed by atoms with E-state index >= 15 is 0 Å². The summed E-state index contributed by atoms with van der Waals surface area (Å²) in [5, 5.41) is 1.06. The number of benzene rings is 1. The molecule has 0 amide bonds. The van der Waals surface area contributed by atoms with Gasteiger partial charge in [0.15, 0.2) is 0 Å². The van der Waals surface area contributed by atoms with Crippen molar-refractivity contribution in [1.82, 2.24) is 9.97 Å². The van der Waals surface area contributed by atoms with Crippen LogP contribution in [0.3, 0.4) is 0 Å². The molecule has 0 spiro atoms. The standard InChI is InChI=1S/C12H10BrN3/c13-10-3-4-11-9(7-10)8-14-12(15-11)16-5-1-2-6-16/h1-4,7-8H,5-6H2. The van der Waals surface area contributed by atoms with Gasteiger partial charge >= 0.3 is 0 Å². The minimum Gasteiger partial charge on any atom is -0.333 e. The van der Waals surface area contributed by atoms with E-state index in [4.69, 9.17) is 0 Å². The SMILES string of the molecule is Brc1ccc2nc(N3CC=CC3)ncc2c1. The quantitative estimate of drug-likeness (QED) is 0.750. The van der Waals surface area contributed by atoms with Crippen molar-refractivity contribution in [3.63, 3.8) is 0 Å². The van der Waals surface area contributed by atoms with Crippen LogP contribution in [0, 0.1) is 0 Å². The monoisotopic (exact) mass is 275 g/mol. The molecule has 1 aliphatic heterocycles. The molecule has 0 bridgehead atoms. The van der Waals surface area contributed by atoms with Crippen LogP contribution in [0.25, 0.3) is 10.9 Å². The van der Waals surface area contributed by atoms with Gasteiger partial charge in [-0.25, -0.2) is 9.97 Å². The van der Waals surface area contributed by atoms with E-state index < -0.39 is 0 Å². The molecule has 1 aliphatic rings. The van der Waals surface area contributed by atoms with Gasteiger partial charge in [0.25, 0.3) is 0 Å². The Morgan fingerprint density at radius 3 is 2.81 bits per heavy atom. The molecular weight excluding hydrogens is 266 g/mol. The Labute approximate surface area is 102 Å². The molecule has 16 heavy (non-hydrogen) atoms. The van der Waals surface area contributed by atoms with Crippen molar-refractivity contribution < 1.29 is 0 Å². The predicted octanol–water partition coefficient (Wildman–Crippen LogP) is 2.77. The number of aromatic nitrogens is 2. The van der Waals surface area contributed by atoms with Gasteiger partial charge in [-0.15, -0.1) is 0 Å². The summed E-state index contributed by atoms with van der Waals surface area (Å²) in [6.07, 6.45) is 6.14. The number of anilines is 1. The molecule has 4 heteroatoms. The van der Waals surface area contributed by atoms with Crippen LogP contribution in [0.4, 0.5) is 5.95 Å². The molecule has 1 aromatic carbocycles. The molecule has 80 valence electrons. The van der Waals surface area contributed by atoms with Crippen LogP contribution in [0.1, 0.15) is 0 Å². The third-order valence-electron chi connectivity index (χ3n) is 2.63. The van der Waals surface area contributed by atoms with Crippen molar-refractivity contribution in [3.8, 4) is 0 Å². The summed E-state index contributed by atoms with van der Waals surface area (Å²) in [6, 6.07) is 6.04. The van der Waals surface area contributed by atoms with E-state index in [0.717, 1.165) is 34.4 Å². The third kappa shape index (κ3) is 1.69. The molecule has 2 aromatic rings. The van der Waals surface area contributed by atoms with Crippen molar-refractivity contribution in [2.45, 2.75) is 0 Å². The highest BCUT2D eigenvalue weighted by atomic mass is 79.9. The van der Waals surface area contributed by atoms with Crippen LogP contribution in [0.5, 0.6) is 0 Å². The van der Waals surface area contributed by atoms with E-state index in [2.05, 4.69) is 42.9 Å². The molecule has 0 unspecified atom stereocenters. The second-order valence-corrected chi connectivity index (χ2v) is 4.67. The van der Waals surface area contributed by atoms with E-state index in [1.807, 2.05) is 24.4 Å². The van der Waals surface area contributed by atoms with E-state index in [1.165, 1.54) is 0 Å². The molecular formula is C12H10BrN3. The summed E-state index contributed by atoms with van der Waals surface area (Å²) in [7, 11) is 0. The number of fused-ring (bicyclic) bond motifs is 1. The lowest BCUT2D eigenvalue weighted by Crippen LogP contribution is -2.20. The molecule has 3 nitrogen and oxygen atoms in total. The van der Waals surface area contributed by atoms with E-state index in [9.17, 15) is 0 Å². The van der Waals surface area contributed by atoms with Gasteiger partial charge in [0.05, 0.1) is 5.52 Å². The fourth-order valence-electron chi connectivity index (χ4n) is 1.79. The number of hydrogen-bond acceptors (Lipinski definition) is 3. The number of rotatable bonds is 1. The minimum atomic E-state index is 0.805. The first-order chi connectivity index (χ1) is 7.83. The lowest BCUT2D eigenvalue weighted by atomic mass is 10.2. The van der Waals surface area contributed by atoms with Crippen molar-refractivity contribution in [2.24, 2.45) is 0 Å². The zero-order chi connectivity index (χ0) is 11.0. The highest BCUT2D eigenvalue weighted by Crippen LogP contribution is 2.20. The fourth-order valence-corrected chi connectivity index (χ4v) is 2.17. The largest absolute Gasteiger partial charge is 0.333 e. The van der Waals surface area contributed by atoms with Gasteiger partial charge in [0, 0.05) is 29.1 Å². The molecule has 0 radical (unpaired) electrons. The summed E-state index contributed by atoms with van der Waals surface area (Å²) >= 11 is 3.44. The topological polar surface area (TPSA) is 29.0 Å². The lowest BCUT2D eigenvalue weighted by molar-refractivity contribution is 0.934. The van der Waals surface area contributed by atoms with Gasteiger partial charge in [-0.1, -0.05) is 28.1 Å². The summed E-state index contributed by atoms with van der Waals surface area (Å²) in [5.41, 5.74) is 0.986. The van der Waals surface area contributed by atoms with Crippen LogP contribution >= 0.6 is 15.9 Å². The molecule has 0 atom stereocenters. The van der Waals surface area contributed by atoms with E-state index in [1.54, 1.807) is 0 Å². The van der Waals surface area contributed by atoms with Crippen LogP contribution in [0.2, 0.25) is 0 Å². The highest BCUT2D eigenvalue weighted by Gasteiger charge is 2.10. The molecule has 0 N–H and O–H groups in total. The molecule has 3 rings (SSSR count). The average Bonchev–Trinajstić information content (AvgIpc) is 2.82. The van der Waals surface area contributed by atoms with Crippen molar-refractivity contribution in [3.05, 3.63) is 41.0 Å². The number of hydrogen-bond donors (Lipinski definition) is 0. The van der Waals surface area contributed by atoms with Crippen LogP contribution in [-0.2, 0) is 0 Å². The highest BCUT2D eigenvalue weighted by molar-refractivity contribution is 9.10. The molecule has 1 aromatic heterocycles. The van der Waals surface area contributed by atoms with Gasteiger partial charge in [0.2, 0.25) is 5.95 Å². The summed E-state index contributed by atoms with van der Waals surface area (Å²) < 4.78 is 1.05. The zero-order valence-corrected chi connectivity index (χ0v) is 10.2. The predicted molar refractivity (Wildman–Crippen MR) is 68.6 cm³/mol. The van der Waals surface area contributed by atoms with Crippen LogP contribution < -0.4 is 4.90 Å². The Morgan fingerprint density at radius 2 is 2.00 bits per heavy atom. The summed E-state index contributed by atoms with van der Waals surface area (Å²) in [5.74, 6) is 0.805. The van der Waals surface area contributed by atoms with Gasteiger partial charge in [0.1, 0.15) is 0 Å². The first kappa shape index (κ1) is 9.78. The van der Waals surface area contributed by atoms with Crippen molar-refractivity contribution >= 4 is 32.8 Å². The van der Waals surface area contributed by atoms with Gasteiger partial charge in [-0.2, -0.15) is 0 Å². The first-order valence-electron chi connectivity index (χ1n) is 5.15. The van der Waals surface area contributed by atoms with Crippen LogP contribution in [-0.4, -0.2) is 23.1 Å². The maximum Gasteiger partial charge on any atom is 0.226 e. The van der Waals surface area contributed by atoms with Gasteiger partial charge in [-0.3, -0.25) is 0 Å². The molecule has 0 saturated heterocycles. The van der Waals surface area contributed by atoms with Gasteiger partial charge in [-0.05, 0) is 18.2 Å². The molecule has 0 fully saturated rings. The summed E-state index contributed by atoms with van der Waals surface area (Å²) in [6.45, 7) is 1.81. The zero-order valence-electron chi connectivity index (χ0n) is 8.60. The Balaban J connectivity index is 2.05. The second kappa shape index (κ2) is 3.87. The Kier molecular flexibility index (Phi) is 2.36. The van der Waals surface area contributed by atoms with Crippen LogP contribution in [0.15, 0.2) is 41.0 Å². The normalized spacial score (nSPS) is 14.9. The summed E-state index contributed by atoms with van der Waals surface area (Å²) in [4.78, 5) is 11.1. The van der Waals surface area contributed by atoms with Gasteiger partial charge < -0.3 is 4.90 Å². The maximum absolute atomic E-state index is 4.55.